The standard InChI is InChI=1S/C19H18N4O3/c1-3-26-13-10-8-12(9-11-13)22-18(24)16-17(20-2)21-14-6-4-5-7-15(14)23(16)19(22)25/h4-11,24H,3H2,1-2H3,(H,20,21). The molecule has 0 saturated carbocycles. The Morgan fingerprint density at radius 1 is 1.15 bits per heavy atom. The molecule has 0 unspecified atom stereocenters. The molecular weight excluding hydrogens is 332 g/mol. The van der Waals surface area contributed by atoms with Crippen molar-refractivity contribution in [2.24, 2.45) is 0 Å². The third-order valence-electron chi connectivity index (χ3n) is 4.25. The molecule has 0 saturated heterocycles. The van der Waals surface area contributed by atoms with E-state index in [9.17, 15) is 9.90 Å². The smallest absolute Gasteiger partial charge is 0.341 e. The van der Waals surface area contributed by atoms with Gasteiger partial charge in [0.05, 0.1) is 23.3 Å². The van der Waals surface area contributed by atoms with E-state index in [2.05, 4.69) is 10.3 Å². The normalized spacial score (nSPS) is 11.2. The largest absolute Gasteiger partial charge is 0.494 e. The van der Waals surface area contributed by atoms with Crippen molar-refractivity contribution in [2.45, 2.75) is 6.92 Å². The number of rotatable bonds is 4. The van der Waals surface area contributed by atoms with Crippen LogP contribution in [0.4, 0.5) is 5.82 Å². The Kier molecular flexibility index (Phi) is 3.76. The molecule has 0 radical (unpaired) electrons. The average molecular weight is 350 g/mol. The zero-order valence-corrected chi connectivity index (χ0v) is 14.4. The molecule has 26 heavy (non-hydrogen) atoms. The zero-order valence-electron chi connectivity index (χ0n) is 14.4. The first-order chi connectivity index (χ1) is 12.7. The topological polar surface area (TPSA) is 80.8 Å². The highest BCUT2D eigenvalue weighted by molar-refractivity contribution is 5.87. The number of para-hydroxylation sites is 2. The first-order valence-corrected chi connectivity index (χ1v) is 8.32. The molecule has 2 N–H and O–H groups in total. The summed E-state index contributed by atoms with van der Waals surface area (Å²) >= 11 is 0. The predicted molar refractivity (Wildman–Crippen MR) is 101 cm³/mol. The summed E-state index contributed by atoms with van der Waals surface area (Å²) in [6.45, 7) is 2.46. The van der Waals surface area contributed by atoms with Crippen LogP contribution in [-0.2, 0) is 0 Å². The van der Waals surface area contributed by atoms with E-state index in [0.29, 0.717) is 40.4 Å². The molecule has 2 aromatic carbocycles. The number of imidazole rings is 1. The molecular formula is C19H18N4O3. The molecule has 0 fully saturated rings. The Bertz CT molecular complexity index is 1160. The van der Waals surface area contributed by atoms with E-state index in [1.165, 1.54) is 8.97 Å². The summed E-state index contributed by atoms with van der Waals surface area (Å²) in [5.74, 6) is 0.973. The van der Waals surface area contributed by atoms with Crippen molar-refractivity contribution in [3.63, 3.8) is 0 Å². The molecule has 0 aliphatic heterocycles. The summed E-state index contributed by atoms with van der Waals surface area (Å²) < 4.78 is 8.17. The summed E-state index contributed by atoms with van der Waals surface area (Å²) in [6, 6.07) is 14.3. The Hall–Kier alpha value is -3.48. The number of hydrogen-bond donors (Lipinski definition) is 2. The lowest BCUT2D eigenvalue weighted by Crippen LogP contribution is -2.19. The number of benzene rings is 2. The Labute approximate surface area is 149 Å². The third-order valence-corrected chi connectivity index (χ3v) is 4.25. The molecule has 7 heteroatoms. The maximum atomic E-state index is 13.1. The molecule has 132 valence electrons. The van der Waals surface area contributed by atoms with Gasteiger partial charge in [0, 0.05) is 7.05 Å². The number of nitrogens with zero attached hydrogens (tertiary/aromatic N) is 3. The molecule has 2 aromatic heterocycles. The van der Waals surface area contributed by atoms with Gasteiger partial charge in [-0.15, -0.1) is 0 Å². The molecule has 4 rings (SSSR count). The molecule has 0 aliphatic carbocycles. The van der Waals surface area contributed by atoms with Crippen LogP contribution in [0.5, 0.6) is 11.6 Å². The Morgan fingerprint density at radius 3 is 2.58 bits per heavy atom. The van der Waals surface area contributed by atoms with Gasteiger partial charge in [0.1, 0.15) is 5.75 Å². The molecule has 7 nitrogen and oxygen atoms in total. The van der Waals surface area contributed by atoms with Crippen LogP contribution in [-0.4, -0.2) is 32.7 Å². The van der Waals surface area contributed by atoms with Gasteiger partial charge in [-0.1, -0.05) is 12.1 Å². The SMILES string of the molecule is CCOc1ccc(-n2c(O)c3c(NC)nc4ccccc4n3c2=O)cc1. The van der Waals surface area contributed by atoms with Gasteiger partial charge in [-0.05, 0) is 43.3 Å². The fourth-order valence-electron chi connectivity index (χ4n) is 3.11. The second kappa shape index (κ2) is 6.11. The number of ether oxygens (including phenoxy) is 1. The van der Waals surface area contributed by atoms with Crippen LogP contribution in [0.2, 0.25) is 0 Å². The molecule has 0 amide bonds. The highest BCUT2D eigenvalue weighted by Gasteiger charge is 2.21. The number of fused-ring (bicyclic) bond motifs is 3. The quantitative estimate of drug-likeness (QED) is 0.591. The maximum Gasteiger partial charge on any atom is 0.341 e. The van der Waals surface area contributed by atoms with Gasteiger partial charge in [0.2, 0.25) is 5.88 Å². The van der Waals surface area contributed by atoms with Crippen molar-refractivity contribution in [3.05, 3.63) is 59.0 Å². The number of aromatic hydroxyl groups is 1. The van der Waals surface area contributed by atoms with Gasteiger partial charge >= 0.3 is 5.69 Å². The zero-order chi connectivity index (χ0) is 18.3. The summed E-state index contributed by atoms with van der Waals surface area (Å²) in [6.07, 6.45) is 0. The minimum absolute atomic E-state index is 0.165. The fourth-order valence-corrected chi connectivity index (χ4v) is 3.11. The van der Waals surface area contributed by atoms with Crippen molar-refractivity contribution in [1.82, 2.24) is 14.0 Å². The second-order valence-corrected chi connectivity index (χ2v) is 5.75. The van der Waals surface area contributed by atoms with Gasteiger partial charge in [-0.25, -0.2) is 14.3 Å². The van der Waals surface area contributed by atoms with Crippen molar-refractivity contribution >= 4 is 22.4 Å². The minimum atomic E-state index is -0.364. The molecule has 2 heterocycles. The van der Waals surface area contributed by atoms with Crippen molar-refractivity contribution in [3.8, 4) is 17.3 Å². The molecule has 0 spiro atoms. The molecule has 4 aromatic rings. The number of aromatic nitrogens is 3. The van der Waals surface area contributed by atoms with E-state index in [4.69, 9.17) is 4.74 Å². The fraction of sp³-hybridized carbons (Fsp3) is 0.158. The van der Waals surface area contributed by atoms with E-state index >= 15 is 0 Å². The lowest BCUT2D eigenvalue weighted by molar-refractivity contribution is 0.340. The van der Waals surface area contributed by atoms with Gasteiger partial charge < -0.3 is 15.2 Å². The van der Waals surface area contributed by atoms with E-state index in [1.807, 2.05) is 25.1 Å². The number of anilines is 1. The molecule has 0 bridgehead atoms. The number of hydrogen-bond acceptors (Lipinski definition) is 5. The van der Waals surface area contributed by atoms with Crippen molar-refractivity contribution < 1.29 is 9.84 Å². The molecule has 0 aliphatic rings. The maximum absolute atomic E-state index is 13.1. The highest BCUT2D eigenvalue weighted by Crippen LogP contribution is 2.30. The van der Waals surface area contributed by atoms with Crippen LogP contribution >= 0.6 is 0 Å². The first-order valence-electron chi connectivity index (χ1n) is 8.32. The van der Waals surface area contributed by atoms with Crippen molar-refractivity contribution in [1.29, 1.82) is 0 Å². The highest BCUT2D eigenvalue weighted by atomic mass is 16.5. The lowest BCUT2D eigenvalue weighted by atomic mass is 10.3. The van der Waals surface area contributed by atoms with E-state index in [0.717, 1.165) is 0 Å². The monoisotopic (exact) mass is 350 g/mol. The van der Waals surface area contributed by atoms with E-state index in [1.54, 1.807) is 37.4 Å². The van der Waals surface area contributed by atoms with Gasteiger partial charge in [0.25, 0.3) is 0 Å². The van der Waals surface area contributed by atoms with Crippen LogP contribution in [0.25, 0.3) is 22.2 Å². The summed E-state index contributed by atoms with van der Waals surface area (Å²) in [4.78, 5) is 17.6. The third kappa shape index (κ3) is 2.28. The minimum Gasteiger partial charge on any atom is -0.494 e. The van der Waals surface area contributed by atoms with E-state index < -0.39 is 0 Å². The molecule has 0 atom stereocenters. The summed E-state index contributed by atoms with van der Waals surface area (Å²) in [7, 11) is 1.70. The van der Waals surface area contributed by atoms with Crippen LogP contribution in [0.15, 0.2) is 53.3 Å². The Balaban J connectivity index is 2.05. The van der Waals surface area contributed by atoms with E-state index in [-0.39, 0.29) is 11.6 Å². The summed E-state index contributed by atoms with van der Waals surface area (Å²) in [5.41, 5.74) is 1.81. The van der Waals surface area contributed by atoms with Gasteiger partial charge in [0.15, 0.2) is 11.3 Å². The number of nitrogens with one attached hydrogen (secondary N) is 1. The second-order valence-electron chi connectivity index (χ2n) is 5.75. The van der Waals surface area contributed by atoms with Gasteiger partial charge in [-0.2, -0.15) is 0 Å². The van der Waals surface area contributed by atoms with Crippen LogP contribution < -0.4 is 15.7 Å². The van der Waals surface area contributed by atoms with Crippen LogP contribution in [0, 0.1) is 0 Å². The Morgan fingerprint density at radius 2 is 1.88 bits per heavy atom. The van der Waals surface area contributed by atoms with Crippen LogP contribution in [0.1, 0.15) is 6.92 Å². The van der Waals surface area contributed by atoms with Crippen LogP contribution in [0.3, 0.4) is 0 Å². The van der Waals surface area contributed by atoms with Gasteiger partial charge in [-0.3, -0.25) is 4.40 Å². The predicted octanol–water partition coefficient (Wildman–Crippen LogP) is 2.78. The summed E-state index contributed by atoms with van der Waals surface area (Å²) in [5, 5.41) is 13.8. The lowest BCUT2D eigenvalue weighted by Gasteiger charge is -2.06. The first kappa shape index (κ1) is 16.0. The average Bonchev–Trinajstić information content (AvgIpc) is 2.93. The van der Waals surface area contributed by atoms with Crippen molar-refractivity contribution in [2.75, 3.05) is 19.0 Å².